The lowest BCUT2D eigenvalue weighted by molar-refractivity contribution is 0.154. The maximum atomic E-state index is 9.44. The fraction of sp³-hybridized carbons (Fsp3) is 0.438. The predicted molar refractivity (Wildman–Crippen MR) is 81.8 cm³/mol. The van der Waals surface area contributed by atoms with Crippen molar-refractivity contribution in [3.8, 4) is 0 Å². The quantitative estimate of drug-likeness (QED) is 0.895. The molecule has 4 heteroatoms. The van der Waals surface area contributed by atoms with Gasteiger partial charge < -0.3 is 10.4 Å². The molecule has 1 fully saturated rings. The second-order valence-corrected chi connectivity index (χ2v) is 5.39. The molecule has 1 unspecified atom stereocenters. The number of anilines is 1. The molecular weight excluding hydrogens is 250 g/mol. The van der Waals surface area contributed by atoms with E-state index in [-0.39, 0.29) is 6.61 Å². The van der Waals surface area contributed by atoms with Crippen molar-refractivity contribution >= 4 is 16.7 Å². The van der Waals surface area contributed by atoms with Crippen LogP contribution in [0.2, 0.25) is 0 Å². The number of aliphatic hydroxyl groups excluding tert-OH is 1. The molecule has 0 bridgehead atoms. The second kappa shape index (κ2) is 5.77. The minimum absolute atomic E-state index is 0.246. The highest BCUT2D eigenvalue weighted by Gasteiger charge is 2.24. The van der Waals surface area contributed by atoms with Crippen molar-refractivity contribution in [3.05, 3.63) is 35.9 Å². The molecule has 2 heterocycles. The number of benzene rings is 1. The van der Waals surface area contributed by atoms with Gasteiger partial charge in [0.2, 0.25) is 0 Å². The van der Waals surface area contributed by atoms with Gasteiger partial charge in [0.25, 0.3) is 0 Å². The Balaban J connectivity index is 1.93. The highest BCUT2D eigenvalue weighted by molar-refractivity contribution is 5.81. The number of nitrogens with zero attached hydrogens (tertiary/aromatic N) is 2. The van der Waals surface area contributed by atoms with Gasteiger partial charge in [-0.15, -0.1) is 0 Å². The summed E-state index contributed by atoms with van der Waals surface area (Å²) < 4.78 is 0. The molecule has 1 saturated heterocycles. The van der Waals surface area contributed by atoms with Crippen molar-refractivity contribution in [2.24, 2.45) is 0 Å². The Hall–Kier alpha value is -1.65. The Labute approximate surface area is 119 Å². The predicted octanol–water partition coefficient (Wildman–Crippen LogP) is 2.23. The lowest BCUT2D eigenvalue weighted by Gasteiger charge is -2.23. The van der Waals surface area contributed by atoms with Gasteiger partial charge in [0.05, 0.1) is 12.1 Å². The summed E-state index contributed by atoms with van der Waals surface area (Å²) in [6.45, 7) is 2.15. The van der Waals surface area contributed by atoms with Crippen LogP contribution in [0, 0.1) is 0 Å². The fourth-order valence-corrected chi connectivity index (χ4v) is 3.03. The number of hydrogen-bond acceptors (Lipinski definition) is 4. The van der Waals surface area contributed by atoms with Crippen molar-refractivity contribution in [2.45, 2.75) is 25.4 Å². The van der Waals surface area contributed by atoms with Gasteiger partial charge >= 0.3 is 0 Å². The fourth-order valence-electron chi connectivity index (χ4n) is 3.03. The molecular formula is C16H21N3O. The molecule has 2 aromatic rings. The zero-order chi connectivity index (χ0) is 13.9. The van der Waals surface area contributed by atoms with Crippen LogP contribution in [0.5, 0.6) is 0 Å². The Kier molecular flexibility index (Phi) is 3.85. The molecule has 1 aliphatic heterocycles. The van der Waals surface area contributed by atoms with E-state index in [0.29, 0.717) is 6.04 Å². The number of nitrogens with one attached hydrogen (secondary N) is 1. The van der Waals surface area contributed by atoms with E-state index < -0.39 is 0 Å². The van der Waals surface area contributed by atoms with Gasteiger partial charge in [-0.05, 0) is 31.5 Å². The summed E-state index contributed by atoms with van der Waals surface area (Å²) in [7, 11) is 1.91. The van der Waals surface area contributed by atoms with Gasteiger partial charge in [0.1, 0.15) is 5.82 Å². The van der Waals surface area contributed by atoms with Crippen molar-refractivity contribution in [1.82, 2.24) is 9.88 Å². The van der Waals surface area contributed by atoms with Crippen LogP contribution in [0.1, 0.15) is 18.4 Å². The maximum absolute atomic E-state index is 9.44. The molecule has 1 aromatic carbocycles. The molecule has 0 amide bonds. The summed E-state index contributed by atoms with van der Waals surface area (Å²) >= 11 is 0. The molecule has 0 radical (unpaired) electrons. The minimum atomic E-state index is 0.246. The normalized spacial score (nSPS) is 19.6. The number of likely N-dealkylation sites (tertiary alicyclic amines) is 1. The molecule has 1 aliphatic rings. The van der Waals surface area contributed by atoms with Crippen LogP contribution in [0.15, 0.2) is 30.3 Å². The van der Waals surface area contributed by atoms with Crippen LogP contribution in [0.25, 0.3) is 10.9 Å². The van der Waals surface area contributed by atoms with Crippen molar-refractivity contribution in [2.75, 3.05) is 25.5 Å². The molecule has 0 spiro atoms. The number of para-hydroxylation sites is 1. The summed E-state index contributed by atoms with van der Waals surface area (Å²) in [4.78, 5) is 7.04. The topological polar surface area (TPSA) is 48.4 Å². The van der Waals surface area contributed by atoms with Gasteiger partial charge in [-0.1, -0.05) is 18.2 Å². The van der Waals surface area contributed by atoms with Crippen LogP contribution in [0.4, 0.5) is 5.82 Å². The number of rotatable bonds is 4. The van der Waals surface area contributed by atoms with Crippen molar-refractivity contribution < 1.29 is 5.11 Å². The van der Waals surface area contributed by atoms with E-state index in [1.54, 1.807) is 0 Å². The third-order valence-electron chi connectivity index (χ3n) is 4.12. The van der Waals surface area contributed by atoms with Gasteiger partial charge in [0.15, 0.2) is 0 Å². The molecule has 3 rings (SSSR count). The zero-order valence-electron chi connectivity index (χ0n) is 11.8. The number of pyridine rings is 1. The summed E-state index contributed by atoms with van der Waals surface area (Å²) in [5.41, 5.74) is 2.22. The van der Waals surface area contributed by atoms with Crippen molar-refractivity contribution in [1.29, 1.82) is 0 Å². The lowest BCUT2D eigenvalue weighted by atomic mass is 10.1. The van der Waals surface area contributed by atoms with E-state index in [1.165, 1.54) is 17.4 Å². The number of hydrogen-bond donors (Lipinski definition) is 2. The van der Waals surface area contributed by atoms with Crippen LogP contribution < -0.4 is 5.32 Å². The third-order valence-corrected chi connectivity index (χ3v) is 4.12. The Morgan fingerprint density at radius 1 is 1.40 bits per heavy atom. The largest absolute Gasteiger partial charge is 0.395 e. The van der Waals surface area contributed by atoms with Crippen LogP contribution in [-0.2, 0) is 6.54 Å². The molecule has 0 saturated carbocycles. The monoisotopic (exact) mass is 271 g/mol. The van der Waals surface area contributed by atoms with Gasteiger partial charge in [-0.3, -0.25) is 4.90 Å². The lowest BCUT2D eigenvalue weighted by Crippen LogP contribution is -2.31. The first-order valence-corrected chi connectivity index (χ1v) is 7.23. The van der Waals surface area contributed by atoms with Crippen LogP contribution in [-0.4, -0.2) is 41.2 Å². The molecule has 0 aliphatic carbocycles. The van der Waals surface area contributed by atoms with E-state index in [9.17, 15) is 5.11 Å². The number of aliphatic hydroxyl groups is 1. The van der Waals surface area contributed by atoms with Gasteiger partial charge in [-0.25, -0.2) is 4.98 Å². The van der Waals surface area contributed by atoms with E-state index in [2.05, 4.69) is 27.3 Å². The Morgan fingerprint density at radius 3 is 3.05 bits per heavy atom. The Morgan fingerprint density at radius 2 is 2.25 bits per heavy atom. The average Bonchev–Trinajstić information content (AvgIpc) is 2.93. The minimum Gasteiger partial charge on any atom is -0.395 e. The number of aromatic nitrogens is 1. The first-order chi connectivity index (χ1) is 9.81. The van der Waals surface area contributed by atoms with Gasteiger partial charge in [0, 0.05) is 30.6 Å². The van der Waals surface area contributed by atoms with Gasteiger partial charge in [-0.2, -0.15) is 0 Å². The highest BCUT2D eigenvalue weighted by atomic mass is 16.3. The average molecular weight is 271 g/mol. The molecule has 106 valence electrons. The molecule has 1 atom stereocenters. The SMILES string of the molecule is CNc1nc2ccccc2cc1CN1CCCC1CO. The molecule has 1 aromatic heterocycles. The summed E-state index contributed by atoms with van der Waals surface area (Å²) in [6, 6.07) is 10.7. The standard InChI is InChI=1S/C16H21N3O/c1-17-16-13(10-19-8-4-6-14(19)11-20)9-12-5-2-3-7-15(12)18-16/h2-3,5,7,9,14,20H,4,6,8,10-11H2,1H3,(H,17,18). The summed E-state index contributed by atoms with van der Waals surface area (Å²) in [6.07, 6.45) is 2.26. The maximum Gasteiger partial charge on any atom is 0.130 e. The second-order valence-electron chi connectivity index (χ2n) is 5.39. The molecule has 20 heavy (non-hydrogen) atoms. The van der Waals surface area contributed by atoms with E-state index in [1.807, 2.05) is 25.2 Å². The van der Waals surface area contributed by atoms with E-state index >= 15 is 0 Å². The van der Waals surface area contributed by atoms with Crippen LogP contribution >= 0.6 is 0 Å². The Bertz CT molecular complexity index is 599. The third kappa shape index (κ3) is 2.49. The first-order valence-electron chi connectivity index (χ1n) is 7.23. The number of fused-ring (bicyclic) bond motifs is 1. The van der Waals surface area contributed by atoms with Crippen LogP contribution in [0.3, 0.4) is 0 Å². The summed E-state index contributed by atoms with van der Waals surface area (Å²) in [5, 5.41) is 13.8. The van der Waals surface area contributed by atoms with E-state index in [4.69, 9.17) is 0 Å². The highest BCUT2D eigenvalue weighted by Crippen LogP contribution is 2.25. The molecule has 4 nitrogen and oxygen atoms in total. The zero-order valence-corrected chi connectivity index (χ0v) is 11.8. The molecule has 2 N–H and O–H groups in total. The first kappa shape index (κ1) is 13.3. The van der Waals surface area contributed by atoms with Crippen molar-refractivity contribution in [3.63, 3.8) is 0 Å². The summed E-state index contributed by atoms with van der Waals surface area (Å²) in [5.74, 6) is 0.937. The smallest absolute Gasteiger partial charge is 0.130 e. The van der Waals surface area contributed by atoms with E-state index in [0.717, 1.165) is 30.8 Å².